The maximum atomic E-state index is 12.8. The molecule has 1 heterocycles. The normalized spacial score (nSPS) is 10.2. The van der Waals surface area contributed by atoms with Crippen molar-refractivity contribution >= 4 is 5.97 Å². The van der Waals surface area contributed by atoms with Crippen LogP contribution in [0, 0.1) is 11.3 Å². The maximum absolute atomic E-state index is 12.8. The van der Waals surface area contributed by atoms with Crippen molar-refractivity contribution in [1.82, 2.24) is 4.98 Å². The van der Waals surface area contributed by atoms with Crippen LogP contribution >= 0.6 is 0 Å². The van der Waals surface area contributed by atoms with E-state index in [0.717, 1.165) is 6.07 Å². The number of nitrogens with two attached hydrogens (primary N) is 1. The van der Waals surface area contributed by atoms with Gasteiger partial charge in [0.25, 0.3) is 6.43 Å². The number of hydrogen-bond donors (Lipinski definition) is 1. The van der Waals surface area contributed by atoms with Crippen molar-refractivity contribution in [3.05, 3.63) is 28.6 Å². The van der Waals surface area contributed by atoms with Gasteiger partial charge < -0.3 is 10.5 Å². The number of rotatable bonds is 4. The minimum absolute atomic E-state index is 0.0502. The number of carbonyl (C=O) groups excluding carboxylic acids is 1. The summed E-state index contributed by atoms with van der Waals surface area (Å²) in [7, 11) is 1.18. The number of aromatic nitrogens is 1. The second-order valence-corrected chi connectivity index (χ2v) is 3.39. The highest BCUT2D eigenvalue weighted by atomic mass is 19.3. The summed E-state index contributed by atoms with van der Waals surface area (Å²) in [5, 5.41) is 8.83. The number of nitrogens with zero attached hydrogens (tertiary/aromatic N) is 2. The summed E-state index contributed by atoms with van der Waals surface area (Å²) in [5.74, 6) is -0.601. The molecule has 0 spiro atoms. The molecule has 0 aliphatic rings. The van der Waals surface area contributed by atoms with E-state index in [0.29, 0.717) is 0 Å². The van der Waals surface area contributed by atoms with E-state index in [-0.39, 0.29) is 29.9 Å². The van der Waals surface area contributed by atoms with Crippen LogP contribution in [-0.2, 0) is 22.5 Å². The highest BCUT2D eigenvalue weighted by molar-refractivity contribution is 5.72. The largest absolute Gasteiger partial charge is 0.469 e. The van der Waals surface area contributed by atoms with Crippen molar-refractivity contribution in [3.63, 3.8) is 0 Å². The summed E-state index contributed by atoms with van der Waals surface area (Å²) < 4.78 is 30.0. The van der Waals surface area contributed by atoms with E-state index >= 15 is 0 Å². The Morgan fingerprint density at radius 3 is 2.78 bits per heavy atom. The van der Waals surface area contributed by atoms with Crippen molar-refractivity contribution in [3.8, 4) is 6.07 Å². The summed E-state index contributed by atoms with van der Waals surface area (Å²) in [6.07, 6.45) is -3.07. The average Bonchev–Trinajstić information content (AvgIpc) is 2.37. The lowest BCUT2D eigenvalue weighted by Crippen LogP contribution is -2.12. The third-order valence-electron chi connectivity index (χ3n) is 2.27. The van der Waals surface area contributed by atoms with Gasteiger partial charge in [0, 0.05) is 12.1 Å². The standard InChI is InChI=1S/C11H11F2N3O2/c1-18-10(17)3-6-2-7(11(12)13)8(4-14)9(5-15)16-6/h2,11H,3,5,15H2,1H3. The van der Waals surface area contributed by atoms with E-state index in [1.54, 1.807) is 6.07 Å². The maximum Gasteiger partial charge on any atom is 0.311 e. The number of esters is 1. The average molecular weight is 255 g/mol. The lowest BCUT2D eigenvalue weighted by molar-refractivity contribution is -0.139. The number of ether oxygens (including phenoxy) is 1. The van der Waals surface area contributed by atoms with Crippen LogP contribution in [-0.4, -0.2) is 18.1 Å². The lowest BCUT2D eigenvalue weighted by Gasteiger charge is -2.09. The molecule has 0 unspecified atom stereocenters. The number of alkyl halides is 2. The fourth-order valence-corrected chi connectivity index (χ4v) is 1.44. The molecule has 0 radical (unpaired) electrons. The smallest absolute Gasteiger partial charge is 0.311 e. The Labute approximate surface area is 102 Å². The Bertz CT molecular complexity index is 498. The van der Waals surface area contributed by atoms with Crippen molar-refractivity contribution in [2.75, 3.05) is 7.11 Å². The molecule has 1 aromatic heterocycles. The van der Waals surface area contributed by atoms with E-state index in [9.17, 15) is 13.6 Å². The Kier molecular flexibility index (Phi) is 4.68. The minimum Gasteiger partial charge on any atom is -0.469 e. The molecule has 2 N–H and O–H groups in total. The molecular formula is C11H11F2N3O2. The SMILES string of the molecule is COC(=O)Cc1cc(C(F)F)c(C#N)c(CN)n1. The molecule has 1 rings (SSSR count). The van der Waals surface area contributed by atoms with Gasteiger partial charge in [-0.15, -0.1) is 0 Å². The molecule has 0 saturated carbocycles. The predicted octanol–water partition coefficient (Wildman–Crippen LogP) is 1.07. The molecule has 7 heteroatoms. The predicted molar refractivity (Wildman–Crippen MR) is 57.5 cm³/mol. The first-order chi connectivity index (χ1) is 8.53. The minimum atomic E-state index is -2.83. The van der Waals surface area contributed by atoms with E-state index in [4.69, 9.17) is 11.0 Å². The van der Waals surface area contributed by atoms with E-state index < -0.39 is 18.0 Å². The Hall–Kier alpha value is -2.07. The molecule has 0 amide bonds. The van der Waals surface area contributed by atoms with Gasteiger partial charge >= 0.3 is 5.97 Å². The topological polar surface area (TPSA) is 89.0 Å². The van der Waals surface area contributed by atoms with Crippen molar-refractivity contribution < 1.29 is 18.3 Å². The van der Waals surface area contributed by atoms with Crippen LogP contribution < -0.4 is 5.73 Å². The van der Waals surface area contributed by atoms with Gasteiger partial charge in [-0.2, -0.15) is 5.26 Å². The molecule has 1 aromatic rings. The number of carbonyl (C=O) groups is 1. The van der Waals surface area contributed by atoms with Gasteiger partial charge in [0.2, 0.25) is 0 Å². The van der Waals surface area contributed by atoms with Crippen LogP contribution in [0.25, 0.3) is 0 Å². The molecule has 0 aromatic carbocycles. The van der Waals surface area contributed by atoms with E-state index in [2.05, 4.69) is 9.72 Å². The molecule has 0 bridgehead atoms. The summed E-state index contributed by atoms with van der Waals surface area (Å²) in [5.41, 5.74) is 4.81. The highest BCUT2D eigenvalue weighted by Gasteiger charge is 2.19. The van der Waals surface area contributed by atoms with Crippen molar-refractivity contribution in [1.29, 1.82) is 5.26 Å². The third kappa shape index (κ3) is 2.99. The molecule has 0 fully saturated rings. The van der Waals surface area contributed by atoms with Crippen LogP contribution in [0.3, 0.4) is 0 Å². The van der Waals surface area contributed by atoms with Gasteiger partial charge in [0.1, 0.15) is 6.07 Å². The fourth-order valence-electron chi connectivity index (χ4n) is 1.44. The summed E-state index contributed by atoms with van der Waals surface area (Å²) in [6.45, 7) is -0.155. The summed E-state index contributed by atoms with van der Waals surface area (Å²) >= 11 is 0. The van der Waals surface area contributed by atoms with Crippen molar-refractivity contribution in [2.45, 2.75) is 19.4 Å². The van der Waals surface area contributed by atoms with E-state index in [1.807, 2.05) is 0 Å². The van der Waals surface area contributed by atoms with Gasteiger partial charge in [-0.3, -0.25) is 9.78 Å². The molecule has 0 aliphatic carbocycles. The first-order valence-corrected chi connectivity index (χ1v) is 5.01. The first kappa shape index (κ1) is 14.0. The van der Waals surface area contributed by atoms with Crippen molar-refractivity contribution in [2.24, 2.45) is 5.73 Å². The Morgan fingerprint density at radius 1 is 1.67 bits per heavy atom. The van der Waals surface area contributed by atoms with Gasteiger partial charge in [-0.25, -0.2) is 8.78 Å². The Balaban J connectivity index is 3.28. The molecule has 5 nitrogen and oxygen atoms in total. The molecule has 0 aliphatic heterocycles. The number of nitriles is 1. The zero-order chi connectivity index (χ0) is 13.7. The molecule has 18 heavy (non-hydrogen) atoms. The molecule has 0 atom stereocenters. The van der Waals surface area contributed by atoms with Crippen LogP contribution in [0.1, 0.15) is 28.9 Å². The quantitative estimate of drug-likeness (QED) is 0.813. The van der Waals surface area contributed by atoms with Gasteiger partial charge in [0.15, 0.2) is 0 Å². The number of pyridine rings is 1. The summed E-state index contributed by atoms with van der Waals surface area (Å²) in [4.78, 5) is 15.0. The lowest BCUT2D eigenvalue weighted by atomic mass is 10.0. The van der Waals surface area contributed by atoms with Gasteiger partial charge in [-0.05, 0) is 6.07 Å². The van der Waals surface area contributed by atoms with Crippen LogP contribution in [0.5, 0.6) is 0 Å². The van der Waals surface area contributed by atoms with E-state index in [1.165, 1.54) is 7.11 Å². The zero-order valence-electron chi connectivity index (χ0n) is 9.61. The number of halogens is 2. The van der Waals surface area contributed by atoms with Crippen LogP contribution in [0.15, 0.2) is 6.07 Å². The molecule has 96 valence electrons. The highest BCUT2D eigenvalue weighted by Crippen LogP contribution is 2.25. The second kappa shape index (κ2) is 6.02. The molecular weight excluding hydrogens is 244 g/mol. The fraction of sp³-hybridized carbons (Fsp3) is 0.364. The number of hydrogen-bond acceptors (Lipinski definition) is 5. The van der Waals surface area contributed by atoms with Crippen LogP contribution in [0.4, 0.5) is 8.78 Å². The monoisotopic (exact) mass is 255 g/mol. The second-order valence-electron chi connectivity index (χ2n) is 3.39. The molecule has 0 saturated heterocycles. The number of methoxy groups -OCH3 is 1. The summed E-state index contributed by atoms with van der Waals surface area (Å²) in [6, 6.07) is 2.68. The van der Waals surface area contributed by atoms with Crippen LogP contribution in [0.2, 0.25) is 0 Å². The zero-order valence-corrected chi connectivity index (χ0v) is 9.61. The Morgan fingerprint density at radius 2 is 2.33 bits per heavy atom. The first-order valence-electron chi connectivity index (χ1n) is 5.01. The van der Waals surface area contributed by atoms with Gasteiger partial charge in [0.05, 0.1) is 30.5 Å². The van der Waals surface area contributed by atoms with Gasteiger partial charge in [-0.1, -0.05) is 0 Å². The third-order valence-corrected chi connectivity index (χ3v) is 2.27.